The standard InChI is InChI=1S/C7H14O4/c1-3-10-7(2)6(9)5(8)4-11-7/h5-6,8-9H,3-4H2,1-2H3/t5-,6+,7?/m1/s1. The zero-order valence-corrected chi connectivity index (χ0v) is 6.78. The summed E-state index contributed by atoms with van der Waals surface area (Å²) in [6.07, 6.45) is -1.77. The predicted molar refractivity (Wildman–Crippen MR) is 38.0 cm³/mol. The molecule has 11 heavy (non-hydrogen) atoms. The zero-order valence-electron chi connectivity index (χ0n) is 6.78. The minimum atomic E-state index is -1.02. The Morgan fingerprint density at radius 2 is 2.27 bits per heavy atom. The molecular weight excluding hydrogens is 148 g/mol. The number of aliphatic hydroxyl groups excluding tert-OH is 2. The minimum absolute atomic E-state index is 0.137. The van der Waals surface area contributed by atoms with Crippen molar-refractivity contribution < 1.29 is 19.7 Å². The first-order valence-corrected chi connectivity index (χ1v) is 3.74. The van der Waals surface area contributed by atoms with Gasteiger partial charge in [0.25, 0.3) is 0 Å². The Balaban J connectivity index is 2.57. The van der Waals surface area contributed by atoms with E-state index in [1.807, 2.05) is 6.92 Å². The topological polar surface area (TPSA) is 58.9 Å². The summed E-state index contributed by atoms with van der Waals surface area (Å²) < 4.78 is 10.2. The second-order valence-corrected chi connectivity index (χ2v) is 2.77. The molecule has 2 N–H and O–H groups in total. The summed E-state index contributed by atoms with van der Waals surface area (Å²) in [5, 5.41) is 18.5. The van der Waals surface area contributed by atoms with Crippen LogP contribution in [0.2, 0.25) is 0 Å². The Kier molecular flexibility index (Phi) is 2.49. The van der Waals surface area contributed by atoms with Gasteiger partial charge in [-0.1, -0.05) is 0 Å². The zero-order chi connectivity index (χ0) is 8.48. The first-order valence-electron chi connectivity index (χ1n) is 3.74. The van der Waals surface area contributed by atoms with E-state index in [9.17, 15) is 5.11 Å². The van der Waals surface area contributed by atoms with Crippen LogP contribution in [0.5, 0.6) is 0 Å². The molecule has 0 bridgehead atoms. The van der Waals surface area contributed by atoms with Gasteiger partial charge < -0.3 is 19.7 Å². The third-order valence-electron chi connectivity index (χ3n) is 1.87. The molecule has 1 aliphatic rings. The molecule has 66 valence electrons. The largest absolute Gasteiger partial charge is 0.388 e. The molecule has 4 heteroatoms. The molecule has 1 heterocycles. The molecule has 0 spiro atoms. The van der Waals surface area contributed by atoms with Crippen molar-refractivity contribution in [2.75, 3.05) is 13.2 Å². The van der Waals surface area contributed by atoms with Gasteiger partial charge in [0, 0.05) is 6.61 Å². The second kappa shape index (κ2) is 3.06. The molecule has 1 saturated heterocycles. The normalized spacial score (nSPS) is 44.7. The molecular formula is C7H14O4. The number of ether oxygens (including phenoxy) is 2. The highest BCUT2D eigenvalue weighted by atomic mass is 16.7. The molecule has 0 aromatic heterocycles. The van der Waals surface area contributed by atoms with Gasteiger partial charge in [0.2, 0.25) is 0 Å². The first kappa shape index (κ1) is 8.93. The Morgan fingerprint density at radius 3 is 2.64 bits per heavy atom. The van der Waals surface area contributed by atoms with Crippen molar-refractivity contribution in [2.45, 2.75) is 31.8 Å². The number of aliphatic hydroxyl groups is 2. The van der Waals surface area contributed by atoms with Gasteiger partial charge in [-0.25, -0.2) is 0 Å². The molecule has 0 aliphatic carbocycles. The van der Waals surface area contributed by atoms with Crippen LogP contribution < -0.4 is 0 Å². The van der Waals surface area contributed by atoms with Crippen LogP contribution in [0.25, 0.3) is 0 Å². The molecule has 0 amide bonds. The van der Waals surface area contributed by atoms with E-state index in [-0.39, 0.29) is 6.61 Å². The Bertz CT molecular complexity index is 134. The van der Waals surface area contributed by atoms with Gasteiger partial charge >= 0.3 is 0 Å². The fourth-order valence-electron chi connectivity index (χ4n) is 1.19. The van der Waals surface area contributed by atoms with Crippen LogP contribution in [0.3, 0.4) is 0 Å². The van der Waals surface area contributed by atoms with Gasteiger partial charge in [0.1, 0.15) is 12.2 Å². The molecule has 1 fully saturated rings. The maximum atomic E-state index is 9.35. The third-order valence-corrected chi connectivity index (χ3v) is 1.87. The average Bonchev–Trinajstić information content (AvgIpc) is 2.19. The van der Waals surface area contributed by atoms with E-state index in [2.05, 4.69) is 0 Å². The highest BCUT2D eigenvalue weighted by Gasteiger charge is 2.45. The van der Waals surface area contributed by atoms with Crippen LogP contribution >= 0.6 is 0 Å². The summed E-state index contributed by atoms with van der Waals surface area (Å²) in [4.78, 5) is 0. The maximum absolute atomic E-state index is 9.35. The van der Waals surface area contributed by atoms with Crippen molar-refractivity contribution in [3.05, 3.63) is 0 Å². The lowest BCUT2D eigenvalue weighted by Crippen LogP contribution is -2.42. The van der Waals surface area contributed by atoms with E-state index >= 15 is 0 Å². The Labute approximate surface area is 65.7 Å². The third kappa shape index (κ3) is 1.54. The summed E-state index contributed by atoms with van der Waals surface area (Å²) in [5.74, 6) is -1.02. The molecule has 1 unspecified atom stereocenters. The van der Waals surface area contributed by atoms with Crippen molar-refractivity contribution in [3.63, 3.8) is 0 Å². The van der Waals surface area contributed by atoms with E-state index in [4.69, 9.17) is 14.6 Å². The van der Waals surface area contributed by atoms with Crippen molar-refractivity contribution in [2.24, 2.45) is 0 Å². The van der Waals surface area contributed by atoms with Crippen molar-refractivity contribution in [1.29, 1.82) is 0 Å². The van der Waals surface area contributed by atoms with Crippen molar-refractivity contribution in [1.82, 2.24) is 0 Å². The SMILES string of the molecule is CCOC1(C)OC[C@@H](O)[C@@H]1O. The van der Waals surface area contributed by atoms with Gasteiger partial charge in [-0.05, 0) is 13.8 Å². The van der Waals surface area contributed by atoms with Gasteiger partial charge in [-0.15, -0.1) is 0 Å². The second-order valence-electron chi connectivity index (χ2n) is 2.77. The van der Waals surface area contributed by atoms with Crippen molar-refractivity contribution >= 4 is 0 Å². The van der Waals surface area contributed by atoms with Crippen molar-refractivity contribution in [3.8, 4) is 0 Å². The fourth-order valence-corrected chi connectivity index (χ4v) is 1.19. The van der Waals surface area contributed by atoms with Crippen LogP contribution in [0, 0.1) is 0 Å². The number of rotatable bonds is 2. The molecule has 0 radical (unpaired) electrons. The fraction of sp³-hybridized carbons (Fsp3) is 1.00. The quantitative estimate of drug-likeness (QED) is 0.574. The van der Waals surface area contributed by atoms with E-state index in [1.165, 1.54) is 0 Å². The summed E-state index contributed by atoms with van der Waals surface area (Å²) in [6, 6.07) is 0. The summed E-state index contributed by atoms with van der Waals surface area (Å²) in [7, 11) is 0. The summed E-state index contributed by atoms with van der Waals surface area (Å²) in [5.41, 5.74) is 0. The lowest BCUT2D eigenvalue weighted by atomic mass is 10.1. The highest BCUT2D eigenvalue weighted by molar-refractivity contribution is 4.87. The minimum Gasteiger partial charge on any atom is -0.388 e. The molecule has 0 aromatic carbocycles. The first-order chi connectivity index (χ1) is 5.10. The van der Waals surface area contributed by atoms with Gasteiger partial charge in [-0.2, -0.15) is 0 Å². The van der Waals surface area contributed by atoms with E-state index < -0.39 is 18.0 Å². The smallest absolute Gasteiger partial charge is 0.194 e. The Morgan fingerprint density at radius 1 is 1.64 bits per heavy atom. The van der Waals surface area contributed by atoms with Gasteiger partial charge in [-0.3, -0.25) is 0 Å². The highest BCUT2D eigenvalue weighted by Crippen LogP contribution is 2.26. The van der Waals surface area contributed by atoms with Crippen LogP contribution in [-0.2, 0) is 9.47 Å². The number of hydrogen-bond donors (Lipinski definition) is 2. The molecule has 0 aromatic rings. The average molecular weight is 162 g/mol. The molecule has 1 aliphatic heterocycles. The number of hydrogen-bond acceptors (Lipinski definition) is 4. The summed E-state index contributed by atoms with van der Waals surface area (Å²) in [6.45, 7) is 4.03. The van der Waals surface area contributed by atoms with Crippen LogP contribution in [-0.4, -0.2) is 41.4 Å². The van der Waals surface area contributed by atoms with Crippen LogP contribution in [0.1, 0.15) is 13.8 Å². The van der Waals surface area contributed by atoms with E-state index in [0.717, 1.165) is 0 Å². The lowest BCUT2D eigenvalue weighted by Gasteiger charge is -2.26. The summed E-state index contributed by atoms with van der Waals surface area (Å²) >= 11 is 0. The predicted octanol–water partition coefficient (Wildman–Crippen LogP) is -0.509. The van der Waals surface area contributed by atoms with Gasteiger partial charge in [0.05, 0.1) is 6.61 Å². The Hall–Kier alpha value is -0.160. The molecule has 0 saturated carbocycles. The molecule has 3 atom stereocenters. The maximum Gasteiger partial charge on any atom is 0.194 e. The van der Waals surface area contributed by atoms with E-state index in [0.29, 0.717) is 6.61 Å². The van der Waals surface area contributed by atoms with Crippen LogP contribution in [0.4, 0.5) is 0 Å². The molecule has 1 rings (SSSR count). The van der Waals surface area contributed by atoms with Crippen LogP contribution in [0.15, 0.2) is 0 Å². The lowest BCUT2D eigenvalue weighted by molar-refractivity contribution is -0.233. The monoisotopic (exact) mass is 162 g/mol. The molecule has 4 nitrogen and oxygen atoms in total. The van der Waals surface area contributed by atoms with Gasteiger partial charge in [0.15, 0.2) is 5.79 Å². The van der Waals surface area contributed by atoms with E-state index in [1.54, 1.807) is 6.92 Å².